The van der Waals surface area contributed by atoms with Gasteiger partial charge >= 0.3 is 0 Å². The Balaban J connectivity index is 1.26. The largest absolute Gasteiger partial charge is 0.341 e. The van der Waals surface area contributed by atoms with Crippen molar-refractivity contribution >= 4 is 26.8 Å². The molecule has 2 aromatic carbocycles. The van der Waals surface area contributed by atoms with E-state index in [4.69, 9.17) is 9.97 Å². The van der Waals surface area contributed by atoms with E-state index in [1.807, 2.05) is 16.8 Å². The molecule has 1 aliphatic heterocycles. The first kappa shape index (κ1) is 27.6. The molecule has 3 heterocycles. The van der Waals surface area contributed by atoms with Gasteiger partial charge in [0.05, 0.1) is 4.90 Å². The lowest BCUT2D eigenvalue weighted by Gasteiger charge is -2.32. The third-order valence-corrected chi connectivity index (χ3v) is 9.66. The molecule has 214 valence electrons. The molecule has 1 saturated carbocycles. The summed E-state index contributed by atoms with van der Waals surface area (Å²) in [7, 11) is -3.31. The summed E-state index contributed by atoms with van der Waals surface area (Å²) in [4.78, 5) is 25.9. The minimum atomic E-state index is -3.31. The van der Waals surface area contributed by atoms with Gasteiger partial charge in [-0.1, -0.05) is 55.3 Å². The highest BCUT2D eigenvalue weighted by molar-refractivity contribution is 7.90. The maximum absolute atomic E-state index is 13.6. The van der Waals surface area contributed by atoms with E-state index >= 15 is 0 Å². The second kappa shape index (κ2) is 11.7. The van der Waals surface area contributed by atoms with Crippen LogP contribution in [0.15, 0.2) is 76.6 Å². The van der Waals surface area contributed by atoms with Crippen LogP contribution in [0.3, 0.4) is 0 Å². The van der Waals surface area contributed by atoms with Gasteiger partial charge in [-0.3, -0.25) is 9.36 Å². The second-order valence-corrected chi connectivity index (χ2v) is 13.4. The van der Waals surface area contributed by atoms with Gasteiger partial charge in [0.1, 0.15) is 5.65 Å². The Bertz CT molecular complexity index is 1670. The van der Waals surface area contributed by atoms with Crippen molar-refractivity contribution in [1.82, 2.24) is 19.9 Å². The van der Waals surface area contributed by atoms with Gasteiger partial charge in [0, 0.05) is 49.1 Å². The second-order valence-electron chi connectivity index (χ2n) is 11.4. The van der Waals surface area contributed by atoms with E-state index in [1.54, 1.807) is 30.3 Å². The molecule has 0 bridgehead atoms. The Labute approximate surface area is 241 Å². The summed E-state index contributed by atoms with van der Waals surface area (Å²) in [5.41, 5.74) is 3.45. The Morgan fingerprint density at radius 1 is 0.951 bits per heavy atom. The Morgan fingerprint density at radius 2 is 1.66 bits per heavy atom. The van der Waals surface area contributed by atoms with E-state index in [1.165, 1.54) is 11.8 Å². The van der Waals surface area contributed by atoms with Crippen molar-refractivity contribution in [2.24, 2.45) is 0 Å². The number of piperidine rings is 1. The molecule has 4 aromatic rings. The van der Waals surface area contributed by atoms with Crippen molar-refractivity contribution in [2.75, 3.05) is 30.8 Å². The van der Waals surface area contributed by atoms with Crippen LogP contribution in [-0.4, -0.2) is 54.9 Å². The first-order valence-corrected chi connectivity index (χ1v) is 16.5. The number of sulfone groups is 1. The lowest BCUT2D eigenvalue weighted by molar-refractivity contribution is 0.415. The van der Waals surface area contributed by atoms with Crippen LogP contribution in [0.5, 0.6) is 0 Å². The van der Waals surface area contributed by atoms with Gasteiger partial charge in [0.2, 0.25) is 5.95 Å². The molecule has 9 heteroatoms. The first-order valence-electron chi connectivity index (χ1n) is 14.6. The highest BCUT2D eigenvalue weighted by atomic mass is 32.2. The smallest absolute Gasteiger partial charge is 0.253 e. The topological polar surface area (TPSA) is 97.2 Å². The molecule has 2 aliphatic rings. The summed E-state index contributed by atoms with van der Waals surface area (Å²) in [5, 5.41) is 4.52. The average Bonchev–Trinajstić information content (AvgIpc) is 3.51. The summed E-state index contributed by atoms with van der Waals surface area (Å²) in [5.74, 6) is 0.663. The first-order chi connectivity index (χ1) is 19.9. The molecule has 6 rings (SSSR count). The predicted molar refractivity (Wildman–Crippen MR) is 163 cm³/mol. The van der Waals surface area contributed by atoms with Crippen LogP contribution in [0.4, 0.5) is 5.95 Å². The number of nitrogens with one attached hydrogen (secondary N) is 1. The number of pyridine rings is 1. The van der Waals surface area contributed by atoms with Gasteiger partial charge in [-0.25, -0.2) is 13.4 Å². The van der Waals surface area contributed by atoms with Gasteiger partial charge in [-0.15, -0.1) is 0 Å². The number of hydrogen-bond donors (Lipinski definition) is 1. The molecular formula is C32H37N5O3S. The lowest BCUT2D eigenvalue weighted by atomic mass is 10.0. The highest BCUT2D eigenvalue weighted by Gasteiger charge is 2.25. The van der Waals surface area contributed by atoms with Gasteiger partial charge in [-0.05, 0) is 67.5 Å². The number of fused-ring (bicyclic) bond motifs is 1. The highest BCUT2D eigenvalue weighted by Crippen LogP contribution is 2.34. The van der Waals surface area contributed by atoms with Gasteiger partial charge < -0.3 is 10.2 Å². The number of anilines is 1. The molecule has 1 N–H and O–H groups in total. The number of rotatable bonds is 8. The molecule has 41 heavy (non-hydrogen) atoms. The molecule has 0 radical (unpaired) electrons. The molecule has 0 amide bonds. The van der Waals surface area contributed by atoms with E-state index in [0.29, 0.717) is 17.6 Å². The fraction of sp³-hybridized carbons (Fsp3) is 0.406. The zero-order valence-corrected chi connectivity index (χ0v) is 24.3. The monoisotopic (exact) mass is 571 g/mol. The Kier molecular flexibility index (Phi) is 7.90. The zero-order valence-electron chi connectivity index (χ0n) is 23.5. The van der Waals surface area contributed by atoms with Gasteiger partial charge in [0.15, 0.2) is 9.84 Å². The van der Waals surface area contributed by atoms with E-state index < -0.39 is 9.84 Å². The average molecular weight is 572 g/mol. The van der Waals surface area contributed by atoms with Crippen LogP contribution in [0.25, 0.3) is 22.2 Å². The predicted octanol–water partition coefficient (Wildman–Crippen LogP) is 4.78. The lowest BCUT2D eigenvalue weighted by Crippen LogP contribution is -2.43. The van der Waals surface area contributed by atoms with Crippen molar-refractivity contribution in [3.8, 4) is 11.1 Å². The van der Waals surface area contributed by atoms with Crippen LogP contribution in [-0.2, 0) is 16.3 Å². The van der Waals surface area contributed by atoms with E-state index in [2.05, 4.69) is 34.5 Å². The zero-order chi connectivity index (χ0) is 28.4. The molecule has 1 saturated heterocycles. The maximum Gasteiger partial charge on any atom is 0.253 e. The summed E-state index contributed by atoms with van der Waals surface area (Å²) in [6, 6.07) is 19.5. The number of aromatic nitrogens is 3. The molecule has 0 atom stereocenters. The minimum absolute atomic E-state index is 0.0717. The summed E-state index contributed by atoms with van der Waals surface area (Å²) in [6.07, 6.45) is 10.2. The van der Waals surface area contributed by atoms with Crippen LogP contribution >= 0.6 is 0 Å². The Morgan fingerprint density at radius 3 is 2.34 bits per heavy atom. The SMILES string of the molecule is CS(=O)(=O)c1ccc(-c2cc(=O)n(C3CCCC3)c3nc(N4CCC(NCCc5ccccc5)CC4)ncc23)cc1. The van der Waals surface area contributed by atoms with E-state index in [-0.39, 0.29) is 16.5 Å². The van der Waals surface area contributed by atoms with Gasteiger partial charge in [-0.2, -0.15) is 4.98 Å². The van der Waals surface area contributed by atoms with Crippen LogP contribution in [0, 0.1) is 0 Å². The molecule has 0 unspecified atom stereocenters. The normalized spacial score (nSPS) is 17.0. The minimum Gasteiger partial charge on any atom is -0.341 e. The van der Waals surface area contributed by atoms with Crippen LogP contribution in [0.1, 0.15) is 50.1 Å². The molecule has 2 fully saturated rings. The number of nitrogens with zero attached hydrogens (tertiary/aromatic N) is 4. The van der Waals surface area contributed by atoms with Crippen molar-refractivity contribution in [3.05, 3.63) is 82.8 Å². The van der Waals surface area contributed by atoms with Crippen LogP contribution in [0.2, 0.25) is 0 Å². The quantitative estimate of drug-likeness (QED) is 0.325. The molecule has 2 aromatic heterocycles. The standard InChI is InChI=1S/C32H37N5O3S/c1-41(39,40)27-13-11-24(12-14-27)28-21-30(38)37(26-9-5-6-10-26)31-29(28)22-34-32(35-31)36-19-16-25(17-20-36)33-18-15-23-7-3-2-4-8-23/h2-4,7-8,11-14,21-22,25-26,33H,5-6,9-10,15-20H2,1H3. The Hall–Kier alpha value is -3.56. The number of benzene rings is 2. The maximum atomic E-state index is 13.6. The number of hydrogen-bond acceptors (Lipinski definition) is 7. The van der Waals surface area contributed by atoms with E-state index in [9.17, 15) is 13.2 Å². The van der Waals surface area contributed by atoms with E-state index in [0.717, 1.165) is 81.1 Å². The van der Waals surface area contributed by atoms with Crippen molar-refractivity contribution in [2.45, 2.75) is 61.9 Å². The molecule has 1 aliphatic carbocycles. The summed E-state index contributed by atoms with van der Waals surface area (Å²) in [6.45, 7) is 2.67. The van der Waals surface area contributed by atoms with Gasteiger partial charge in [0.25, 0.3) is 5.56 Å². The fourth-order valence-electron chi connectivity index (χ4n) is 6.25. The van der Waals surface area contributed by atoms with Crippen molar-refractivity contribution < 1.29 is 8.42 Å². The van der Waals surface area contributed by atoms with Crippen molar-refractivity contribution in [1.29, 1.82) is 0 Å². The van der Waals surface area contributed by atoms with Crippen LogP contribution < -0.4 is 15.8 Å². The van der Waals surface area contributed by atoms with Crippen molar-refractivity contribution in [3.63, 3.8) is 0 Å². The molecule has 8 nitrogen and oxygen atoms in total. The molecule has 0 spiro atoms. The molecular weight excluding hydrogens is 534 g/mol. The third kappa shape index (κ3) is 6.06. The summed E-state index contributed by atoms with van der Waals surface area (Å²) >= 11 is 0. The fourth-order valence-corrected chi connectivity index (χ4v) is 6.88. The summed E-state index contributed by atoms with van der Waals surface area (Å²) < 4.78 is 25.8. The third-order valence-electron chi connectivity index (χ3n) is 8.53.